The zero-order valence-electron chi connectivity index (χ0n) is 17.9. The summed E-state index contributed by atoms with van der Waals surface area (Å²) in [7, 11) is 2.90. The molecule has 0 bridgehead atoms. The number of carbonyl (C=O) groups excluding carboxylic acids is 3. The maximum absolute atomic E-state index is 13.1. The molecule has 2 atom stereocenters. The molecule has 0 spiro atoms. The number of fused-ring (bicyclic) bond motifs is 1. The first-order valence-corrected chi connectivity index (χ1v) is 10.0. The first-order chi connectivity index (χ1) is 14.8. The van der Waals surface area contributed by atoms with Crippen LogP contribution in [0.25, 0.3) is 0 Å². The van der Waals surface area contributed by atoms with Gasteiger partial charge in [0.25, 0.3) is 0 Å². The predicted molar refractivity (Wildman–Crippen MR) is 112 cm³/mol. The first kappa shape index (κ1) is 20.7. The minimum atomic E-state index is -0.993. The minimum Gasteiger partial charge on any atom is -0.493 e. The van der Waals surface area contributed by atoms with Gasteiger partial charge in [0.15, 0.2) is 11.5 Å². The molecule has 2 aliphatic heterocycles. The Balaban J connectivity index is 1.64. The molecular weight excluding hydrogens is 400 g/mol. The fourth-order valence-corrected chi connectivity index (χ4v) is 4.09. The van der Waals surface area contributed by atoms with E-state index in [0.717, 1.165) is 11.1 Å². The highest BCUT2D eigenvalue weighted by Gasteiger charge is 2.47. The number of hydrogen-bond donors (Lipinski definition) is 1. The molecular formula is C23H24N2O6. The smallest absolute Gasteiger partial charge is 0.344 e. The van der Waals surface area contributed by atoms with Crippen molar-refractivity contribution >= 4 is 23.5 Å². The van der Waals surface area contributed by atoms with Crippen LogP contribution in [0.5, 0.6) is 11.5 Å². The lowest BCUT2D eigenvalue weighted by Gasteiger charge is -2.29. The standard InChI is InChI=1S/C23H24N2O6/c1-12-5-6-14(11-13(12)2)24-21(27)16-8-10-18(26)25(16)22-15-7-9-17(29-3)20(30-4)19(15)23(28)31-22/h5-7,9,11,16,22H,8,10H2,1-4H3,(H,24,27)/t16-,22-/m0/s1. The van der Waals surface area contributed by atoms with E-state index in [1.54, 1.807) is 12.1 Å². The summed E-state index contributed by atoms with van der Waals surface area (Å²) in [5, 5.41) is 2.88. The second-order valence-corrected chi connectivity index (χ2v) is 7.67. The lowest BCUT2D eigenvalue weighted by molar-refractivity contribution is -0.144. The quantitative estimate of drug-likeness (QED) is 0.742. The minimum absolute atomic E-state index is 0.196. The third-order valence-corrected chi connectivity index (χ3v) is 5.85. The van der Waals surface area contributed by atoms with E-state index in [-0.39, 0.29) is 29.5 Å². The van der Waals surface area contributed by atoms with Gasteiger partial charge in [-0.05, 0) is 55.7 Å². The third kappa shape index (κ3) is 3.48. The molecule has 4 rings (SSSR count). The number of likely N-dealkylation sites (tertiary alicyclic amines) is 1. The molecule has 2 heterocycles. The highest BCUT2D eigenvalue weighted by Crippen LogP contribution is 2.45. The summed E-state index contributed by atoms with van der Waals surface area (Å²) in [6, 6.07) is 8.19. The number of rotatable bonds is 5. The van der Waals surface area contributed by atoms with Crippen LogP contribution >= 0.6 is 0 Å². The zero-order valence-corrected chi connectivity index (χ0v) is 17.9. The maximum atomic E-state index is 13.1. The van der Waals surface area contributed by atoms with Crippen LogP contribution in [0, 0.1) is 13.8 Å². The predicted octanol–water partition coefficient (Wildman–Crippen LogP) is 3.12. The van der Waals surface area contributed by atoms with Crippen molar-refractivity contribution in [1.82, 2.24) is 4.90 Å². The number of benzene rings is 2. The molecule has 1 saturated heterocycles. The lowest BCUT2D eigenvalue weighted by atomic mass is 10.0. The molecule has 8 heteroatoms. The molecule has 2 aliphatic rings. The molecule has 1 fully saturated rings. The van der Waals surface area contributed by atoms with Gasteiger partial charge in [0.1, 0.15) is 11.6 Å². The molecule has 2 amide bonds. The highest BCUT2D eigenvalue weighted by atomic mass is 16.6. The van der Waals surface area contributed by atoms with E-state index in [0.29, 0.717) is 23.4 Å². The Hall–Kier alpha value is -3.55. The average Bonchev–Trinajstić information content (AvgIpc) is 3.29. The largest absolute Gasteiger partial charge is 0.493 e. The second-order valence-electron chi connectivity index (χ2n) is 7.67. The van der Waals surface area contributed by atoms with E-state index in [1.165, 1.54) is 19.1 Å². The third-order valence-electron chi connectivity index (χ3n) is 5.85. The molecule has 0 unspecified atom stereocenters. The van der Waals surface area contributed by atoms with Gasteiger partial charge in [0, 0.05) is 17.7 Å². The summed E-state index contributed by atoms with van der Waals surface area (Å²) in [6.45, 7) is 3.96. The second kappa shape index (κ2) is 7.94. The normalized spacial score (nSPS) is 19.8. The van der Waals surface area contributed by atoms with Crippen LogP contribution in [0.15, 0.2) is 30.3 Å². The summed E-state index contributed by atoms with van der Waals surface area (Å²) in [4.78, 5) is 39.8. The van der Waals surface area contributed by atoms with Crippen LogP contribution in [-0.2, 0) is 14.3 Å². The van der Waals surface area contributed by atoms with Crippen molar-refractivity contribution in [3.05, 3.63) is 52.6 Å². The molecule has 8 nitrogen and oxygen atoms in total. The van der Waals surface area contributed by atoms with Gasteiger partial charge in [-0.2, -0.15) is 0 Å². The molecule has 31 heavy (non-hydrogen) atoms. The van der Waals surface area contributed by atoms with Crippen LogP contribution in [-0.4, -0.2) is 42.9 Å². The number of esters is 1. The summed E-state index contributed by atoms with van der Waals surface area (Å²) < 4.78 is 16.2. The van der Waals surface area contributed by atoms with Gasteiger partial charge < -0.3 is 19.5 Å². The number of nitrogens with one attached hydrogen (secondary N) is 1. The van der Waals surface area contributed by atoms with Crippen molar-refractivity contribution in [2.45, 2.75) is 39.0 Å². The number of hydrogen-bond acceptors (Lipinski definition) is 6. The van der Waals surface area contributed by atoms with Gasteiger partial charge in [-0.1, -0.05) is 6.07 Å². The number of cyclic esters (lactones) is 1. The van der Waals surface area contributed by atoms with Gasteiger partial charge >= 0.3 is 5.97 Å². The van der Waals surface area contributed by atoms with Crippen molar-refractivity contribution < 1.29 is 28.6 Å². The highest BCUT2D eigenvalue weighted by molar-refractivity contribution is 6.01. The average molecular weight is 424 g/mol. The molecule has 2 aromatic carbocycles. The van der Waals surface area contributed by atoms with Crippen molar-refractivity contribution in [2.75, 3.05) is 19.5 Å². The van der Waals surface area contributed by atoms with Crippen molar-refractivity contribution in [3.8, 4) is 11.5 Å². The van der Waals surface area contributed by atoms with E-state index in [1.807, 2.05) is 32.0 Å². The maximum Gasteiger partial charge on any atom is 0.344 e. The Morgan fingerprint density at radius 2 is 1.87 bits per heavy atom. The Labute approximate surface area is 180 Å². The Kier molecular flexibility index (Phi) is 5.31. The van der Waals surface area contributed by atoms with E-state index in [4.69, 9.17) is 14.2 Å². The zero-order chi connectivity index (χ0) is 22.3. The molecule has 0 radical (unpaired) electrons. The molecule has 0 aliphatic carbocycles. The first-order valence-electron chi connectivity index (χ1n) is 10.0. The van der Waals surface area contributed by atoms with Gasteiger partial charge in [-0.25, -0.2) is 4.79 Å². The van der Waals surface area contributed by atoms with Crippen molar-refractivity contribution in [3.63, 3.8) is 0 Å². The summed E-state index contributed by atoms with van der Waals surface area (Å²) in [5.41, 5.74) is 3.51. The summed E-state index contributed by atoms with van der Waals surface area (Å²) in [6.07, 6.45) is -0.457. The van der Waals surface area contributed by atoms with E-state index in [9.17, 15) is 14.4 Å². The van der Waals surface area contributed by atoms with Crippen molar-refractivity contribution in [1.29, 1.82) is 0 Å². The van der Waals surface area contributed by atoms with Gasteiger partial charge in [-0.15, -0.1) is 0 Å². The molecule has 162 valence electrons. The number of ether oxygens (including phenoxy) is 3. The van der Waals surface area contributed by atoms with Gasteiger partial charge in [-0.3, -0.25) is 14.5 Å². The Morgan fingerprint density at radius 3 is 2.55 bits per heavy atom. The number of amides is 2. The summed E-state index contributed by atoms with van der Waals surface area (Å²) in [5.74, 6) is -0.561. The molecule has 2 aromatic rings. The van der Waals surface area contributed by atoms with Crippen LogP contribution in [0.1, 0.15) is 46.1 Å². The fourth-order valence-electron chi connectivity index (χ4n) is 4.09. The van der Waals surface area contributed by atoms with E-state index < -0.39 is 18.2 Å². The van der Waals surface area contributed by atoms with E-state index in [2.05, 4.69) is 5.32 Å². The number of nitrogens with zero attached hydrogens (tertiary/aromatic N) is 1. The van der Waals surface area contributed by atoms with E-state index >= 15 is 0 Å². The molecule has 1 N–H and O–H groups in total. The lowest BCUT2D eigenvalue weighted by Crippen LogP contribution is -2.43. The van der Waals surface area contributed by atoms with Crippen molar-refractivity contribution in [2.24, 2.45) is 0 Å². The monoisotopic (exact) mass is 424 g/mol. The number of anilines is 1. The number of aryl methyl sites for hydroxylation is 2. The van der Waals surface area contributed by atoms with Gasteiger partial charge in [0.05, 0.1) is 14.2 Å². The SMILES string of the molecule is COc1ccc2c(c1OC)C(=O)O[C@@H]2N1C(=O)CC[C@H]1C(=O)Nc1ccc(C)c(C)c1. The van der Waals surface area contributed by atoms with Crippen LogP contribution < -0.4 is 14.8 Å². The van der Waals surface area contributed by atoms with Crippen LogP contribution in [0.4, 0.5) is 5.69 Å². The molecule has 0 aromatic heterocycles. The Bertz CT molecular complexity index is 1080. The number of methoxy groups -OCH3 is 2. The Morgan fingerprint density at radius 1 is 1.10 bits per heavy atom. The number of carbonyl (C=O) groups is 3. The summed E-state index contributed by atoms with van der Waals surface area (Å²) >= 11 is 0. The molecule has 0 saturated carbocycles. The van der Waals surface area contributed by atoms with Crippen LogP contribution in [0.3, 0.4) is 0 Å². The fraction of sp³-hybridized carbons (Fsp3) is 0.348. The van der Waals surface area contributed by atoms with Gasteiger partial charge in [0.2, 0.25) is 18.0 Å². The van der Waals surface area contributed by atoms with Crippen LogP contribution in [0.2, 0.25) is 0 Å². The topological polar surface area (TPSA) is 94.2 Å².